The molecule has 0 N–H and O–H groups in total. The molecule has 4 heterocycles. The predicted octanol–water partition coefficient (Wildman–Crippen LogP) is 5.11. The summed E-state index contributed by atoms with van der Waals surface area (Å²) >= 11 is 1.41. The minimum absolute atomic E-state index is 0.0441. The summed E-state index contributed by atoms with van der Waals surface area (Å²) < 4.78 is 7.38. The number of aromatic nitrogens is 1. The second-order valence-corrected chi connectivity index (χ2v) is 11.4. The summed E-state index contributed by atoms with van der Waals surface area (Å²) in [5.74, 6) is 0.0323. The highest BCUT2D eigenvalue weighted by molar-refractivity contribution is 8.18. The van der Waals surface area contributed by atoms with Crippen LogP contribution in [0.4, 0.5) is 11.4 Å². The summed E-state index contributed by atoms with van der Waals surface area (Å²) in [5, 5.41) is 1.70. The van der Waals surface area contributed by atoms with Gasteiger partial charge in [-0.1, -0.05) is 18.2 Å². The molecule has 8 nitrogen and oxygen atoms in total. The smallest absolute Gasteiger partial charge is 0.266 e. The first-order valence-electron chi connectivity index (χ1n) is 14.2. The van der Waals surface area contributed by atoms with Crippen molar-refractivity contribution < 1.29 is 14.3 Å². The van der Waals surface area contributed by atoms with Crippen LogP contribution in [0, 0.1) is 0 Å². The maximum atomic E-state index is 13.4. The molecule has 0 aliphatic carbocycles. The van der Waals surface area contributed by atoms with E-state index in [1.165, 1.54) is 36.7 Å². The number of rotatable bonds is 6. The normalized spacial score (nSPS) is 20.3. The molecule has 0 saturated carbocycles. The van der Waals surface area contributed by atoms with Crippen molar-refractivity contribution in [3.8, 4) is 0 Å². The van der Waals surface area contributed by atoms with Crippen molar-refractivity contribution >= 4 is 57.1 Å². The molecule has 3 aromatic rings. The molecule has 3 aliphatic heterocycles. The van der Waals surface area contributed by atoms with Crippen molar-refractivity contribution in [1.82, 2.24) is 14.4 Å². The fraction of sp³-hybridized carbons (Fsp3) is 0.387. The Morgan fingerprint density at radius 3 is 2.50 bits per heavy atom. The number of fused-ring (bicyclic) bond motifs is 1. The van der Waals surface area contributed by atoms with Crippen LogP contribution in [0.2, 0.25) is 0 Å². The first-order chi connectivity index (χ1) is 19.6. The molecule has 3 saturated heterocycles. The van der Waals surface area contributed by atoms with Crippen LogP contribution in [0.3, 0.4) is 0 Å². The number of thioether (sulfide) groups is 1. The molecule has 3 fully saturated rings. The standard InChI is InChI=1S/C31H35N5O3S/c1-2-36-30(38)28(40-31(36)32-24-10-12-25(13-11-24)33-14-6-3-7-15-33)20-23-21-35(27-9-5-4-8-26(23)27)22-29(37)34-16-18-39-19-17-34/h4-5,8-13,20-21H,2-3,6-7,14-19,22H2,1H3/b28-20-,32-31?. The number of carbonyl (C=O) groups is 2. The van der Waals surface area contributed by atoms with Gasteiger partial charge < -0.3 is 19.1 Å². The lowest BCUT2D eigenvalue weighted by molar-refractivity contribution is -0.135. The van der Waals surface area contributed by atoms with Crippen molar-refractivity contribution in [1.29, 1.82) is 0 Å². The third-order valence-electron chi connectivity index (χ3n) is 7.78. The third kappa shape index (κ3) is 5.53. The van der Waals surface area contributed by atoms with Gasteiger partial charge in [-0.25, -0.2) is 4.99 Å². The van der Waals surface area contributed by atoms with Gasteiger partial charge in [-0.15, -0.1) is 0 Å². The van der Waals surface area contributed by atoms with E-state index in [1.54, 1.807) is 4.90 Å². The van der Waals surface area contributed by atoms with Gasteiger partial charge in [0.1, 0.15) is 6.54 Å². The highest BCUT2D eigenvalue weighted by Crippen LogP contribution is 2.36. The van der Waals surface area contributed by atoms with E-state index in [0.717, 1.165) is 35.2 Å². The quantitative estimate of drug-likeness (QED) is 0.394. The van der Waals surface area contributed by atoms with E-state index in [2.05, 4.69) is 17.0 Å². The number of para-hydroxylation sites is 1. The molecule has 9 heteroatoms. The number of morpholine rings is 1. The van der Waals surface area contributed by atoms with Crippen molar-refractivity contribution in [3.63, 3.8) is 0 Å². The molecule has 0 atom stereocenters. The molecule has 0 radical (unpaired) electrons. The van der Waals surface area contributed by atoms with Crippen LogP contribution >= 0.6 is 11.8 Å². The Balaban J connectivity index is 1.24. The maximum Gasteiger partial charge on any atom is 0.266 e. The number of amides is 2. The maximum absolute atomic E-state index is 13.4. The van der Waals surface area contributed by atoms with E-state index in [1.807, 2.05) is 65.1 Å². The second-order valence-electron chi connectivity index (χ2n) is 10.3. The average Bonchev–Trinajstić information content (AvgIpc) is 3.50. The van der Waals surface area contributed by atoms with E-state index < -0.39 is 0 Å². The molecule has 1 aromatic heterocycles. The number of carbonyl (C=O) groups excluding carboxylic acids is 2. The monoisotopic (exact) mass is 557 g/mol. The molecule has 0 unspecified atom stereocenters. The SMILES string of the molecule is CCN1C(=O)/C(=C/c2cn(CC(=O)N3CCOCC3)c3ccccc23)SC1=Nc1ccc(N2CCCCC2)cc1. The van der Waals surface area contributed by atoms with Crippen LogP contribution in [0.1, 0.15) is 31.7 Å². The Morgan fingerprint density at radius 1 is 1.00 bits per heavy atom. The summed E-state index contributed by atoms with van der Waals surface area (Å²) in [4.78, 5) is 37.9. The van der Waals surface area contributed by atoms with Gasteiger partial charge in [0.2, 0.25) is 5.91 Å². The van der Waals surface area contributed by atoms with E-state index in [-0.39, 0.29) is 18.4 Å². The van der Waals surface area contributed by atoms with Crippen LogP contribution in [0.15, 0.2) is 64.6 Å². The van der Waals surface area contributed by atoms with Gasteiger partial charge in [-0.2, -0.15) is 0 Å². The average molecular weight is 558 g/mol. The van der Waals surface area contributed by atoms with Gasteiger partial charge >= 0.3 is 0 Å². The number of ether oxygens (including phenoxy) is 1. The summed E-state index contributed by atoms with van der Waals surface area (Å²) in [6.07, 6.45) is 7.71. The molecular weight excluding hydrogens is 522 g/mol. The molecule has 0 spiro atoms. The molecule has 3 aliphatic rings. The number of hydrogen-bond acceptors (Lipinski definition) is 6. The first-order valence-corrected chi connectivity index (χ1v) is 15.0. The van der Waals surface area contributed by atoms with Crippen LogP contribution in [0.5, 0.6) is 0 Å². The number of amidine groups is 1. The minimum Gasteiger partial charge on any atom is -0.378 e. The van der Waals surface area contributed by atoms with E-state index >= 15 is 0 Å². The fourth-order valence-electron chi connectivity index (χ4n) is 5.59. The summed E-state index contributed by atoms with van der Waals surface area (Å²) in [5.41, 5.74) is 3.97. The number of nitrogens with zero attached hydrogens (tertiary/aromatic N) is 5. The molecule has 6 rings (SSSR count). The molecule has 2 amide bonds. The van der Waals surface area contributed by atoms with Crippen molar-refractivity contribution in [2.75, 3.05) is 50.8 Å². The number of piperidine rings is 1. The summed E-state index contributed by atoms with van der Waals surface area (Å²) in [6.45, 7) is 7.38. The first kappa shape index (κ1) is 26.7. The molecule has 208 valence electrons. The zero-order chi connectivity index (χ0) is 27.5. The Kier molecular flexibility index (Phi) is 7.93. The van der Waals surface area contributed by atoms with Crippen LogP contribution in [-0.2, 0) is 20.9 Å². The van der Waals surface area contributed by atoms with Crippen LogP contribution < -0.4 is 4.90 Å². The number of benzene rings is 2. The lowest BCUT2D eigenvalue weighted by Crippen LogP contribution is -2.42. The number of likely N-dealkylation sites (N-methyl/N-ethyl adjacent to an activating group) is 1. The highest BCUT2D eigenvalue weighted by Gasteiger charge is 2.32. The third-order valence-corrected chi connectivity index (χ3v) is 8.78. The van der Waals surface area contributed by atoms with Crippen LogP contribution in [0.25, 0.3) is 17.0 Å². The lowest BCUT2D eigenvalue weighted by atomic mass is 10.1. The number of hydrogen-bond donors (Lipinski definition) is 0. The highest BCUT2D eigenvalue weighted by atomic mass is 32.2. The molecule has 40 heavy (non-hydrogen) atoms. The predicted molar refractivity (Wildman–Crippen MR) is 162 cm³/mol. The van der Waals surface area contributed by atoms with Gasteiger partial charge in [-0.05, 0) is 74.4 Å². The largest absolute Gasteiger partial charge is 0.378 e. The van der Waals surface area contributed by atoms with E-state index in [0.29, 0.717) is 42.9 Å². The molecular formula is C31H35N5O3S. The second kappa shape index (κ2) is 11.9. The minimum atomic E-state index is -0.0441. The Hall–Kier alpha value is -3.56. The Labute approximate surface area is 239 Å². The number of anilines is 1. The fourth-order valence-corrected chi connectivity index (χ4v) is 6.64. The zero-order valence-corrected chi connectivity index (χ0v) is 23.7. The zero-order valence-electron chi connectivity index (χ0n) is 22.9. The Morgan fingerprint density at radius 2 is 1.75 bits per heavy atom. The van der Waals surface area contributed by atoms with Crippen molar-refractivity contribution in [2.45, 2.75) is 32.7 Å². The van der Waals surface area contributed by atoms with E-state index in [9.17, 15) is 9.59 Å². The van der Waals surface area contributed by atoms with Gasteiger partial charge in [-0.3, -0.25) is 14.5 Å². The number of aliphatic imine (C=N–C) groups is 1. The van der Waals surface area contributed by atoms with Gasteiger partial charge in [0.05, 0.1) is 23.8 Å². The molecule has 0 bridgehead atoms. The Bertz CT molecular complexity index is 1450. The van der Waals surface area contributed by atoms with Gasteiger partial charge in [0.15, 0.2) is 5.17 Å². The molecule has 2 aromatic carbocycles. The summed E-state index contributed by atoms with van der Waals surface area (Å²) in [6, 6.07) is 16.4. The lowest BCUT2D eigenvalue weighted by Gasteiger charge is -2.28. The van der Waals surface area contributed by atoms with Gasteiger partial charge in [0.25, 0.3) is 5.91 Å². The van der Waals surface area contributed by atoms with Gasteiger partial charge in [0, 0.05) is 61.1 Å². The van der Waals surface area contributed by atoms with Crippen molar-refractivity contribution in [3.05, 3.63) is 65.2 Å². The summed E-state index contributed by atoms with van der Waals surface area (Å²) in [7, 11) is 0. The van der Waals surface area contributed by atoms with Crippen LogP contribution in [-0.4, -0.2) is 77.3 Å². The van der Waals surface area contributed by atoms with Crippen molar-refractivity contribution in [2.24, 2.45) is 4.99 Å². The van der Waals surface area contributed by atoms with E-state index in [4.69, 9.17) is 9.73 Å². The topological polar surface area (TPSA) is 70.4 Å².